The van der Waals surface area contributed by atoms with E-state index in [9.17, 15) is 4.79 Å². The Labute approximate surface area is 115 Å². The predicted octanol–water partition coefficient (Wildman–Crippen LogP) is 0.594. The van der Waals surface area contributed by atoms with Gasteiger partial charge in [-0.15, -0.1) is 0 Å². The van der Waals surface area contributed by atoms with Gasteiger partial charge in [-0.1, -0.05) is 0 Å². The van der Waals surface area contributed by atoms with Crippen LogP contribution in [0.2, 0.25) is 0 Å². The number of morpholine rings is 1. The highest BCUT2D eigenvalue weighted by molar-refractivity contribution is 5.76. The number of ether oxygens (including phenoxy) is 2. The van der Waals surface area contributed by atoms with Crippen LogP contribution in [0.5, 0.6) is 0 Å². The van der Waals surface area contributed by atoms with E-state index in [0.29, 0.717) is 12.3 Å². The van der Waals surface area contributed by atoms with E-state index in [-0.39, 0.29) is 5.91 Å². The Bertz CT molecular complexity index is 274. The lowest BCUT2D eigenvalue weighted by molar-refractivity contribution is -0.131. The molecule has 2 heterocycles. The van der Waals surface area contributed by atoms with Crippen molar-refractivity contribution in [3.8, 4) is 0 Å². The Morgan fingerprint density at radius 2 is 2.05 bits per heavy atom. The maximum absolute atomic E-state index is 12.0. The van der Waals surface area contributed by atoms with E-state index in [1.807, 2.05) is 11.9 Å². The first kappa shape index (κ1) is 14.8. The molecular weight excluding hydrogens is 244 g/mol. The van der Waals surface area contributed by atoms with Gasteiger partial charge < -0.3 is 14.4 Å². The topological polar surface area (TPSA) is 42.0 Å². The van der Waals surface area contributed by atoms with Crippen LogP contribution >= 0.6 is 0 Å². The minimum atomic E-state index is 0.262. The van der Waals surface area contributed by atoms with Crippen LogP contribution in [-0.2, 0) is 14.3 Å². The summed E-state index contributed by atoms with van der Waals surface area (Å²) < 4.78 is 10.6. The first-order chi connectivity index (χ1) is 9.25. The average Bonchev–Trinajstić information content (AvgIpc) is 2.92. The maximum atomic E-state index is 12.0. The molecule has 19 heavy (non-hydrogen) atoms. The molecule has 2 fully saturated rings. The lowest BCUT2D eigenvalue weighted by atomic mass is 10.0. The van der Waals surface area contributed by atoms with Crippen LogP contribution in [0.3, 0.4) is 0 Å². The first-order valence-electron chi connectivity index (χ1n) is 7.37. The summed E-state index contributed by atoms with van der Waals surface area (Å²) in [6.07, 6.45) is 2.73. The van der Waals surface area contributed by atoms with E-state index >= 15 is 0 Å². The van der Waals surface area contributed by atoms with Gasteiger partial charge in [0.2, 0.25) is 5.91 Å². The molecule has 1 unspecified atom stereocenters. The predicted molar refractivity (Wildman–Crippen MR) is 73.1 cm³/mol. The average molecular weight is 270 g/mol. The van der Waals surface area contributed by atoms with Crippen molar-refractivity contribution >= 4 is 5.91 Å². The normalized spacial score (nSPS) is 24.6. The Kier molecular flexibility index (Phi) is 6.07. The van der Waals surface area contributed by atoms with Crippen LogP contribution in [-0.4, -0.2) is 75.4 Å². The molecule has 110 valence electrons. The van der Waals surface area contributed by atoms with Gasteiger partial charge in [-0.3, -0.25) is 9.69 Å². The second kappa shape index (κ2) is 7.82. The third-order valence-corrected chi connectivity index (χ3v) is 3.98. The zero-order chi connectivity index (χ0) is 13.5. The van der Waals surface area contributed by atoms with Crippen LogP contribution in [0.1, 0.15) is 19.3 Å². The fourth-order valence-corrected chi connectivity index (χ4v) is 2.63. The van der Waals surface area contributed by atoms with Gasteiger partial charge in [0.15, 0.2) is 0 Å². The molecule has 2 saturated heterocycles. The molecule has 0 spiro atoms. The van der Waals surface area contributed by atoms with Crippen LogP contribution in [0.4, 0.5) is 0 Å². The highest BCUT2D eigenvalue weighted by Gasteiger charge is 2.21. The molecule has 1 amide bonds. The van der Waals surface area contributed by atoms with E-state index in [2.05, 4.69) is 4.90 Å². The van der Waals surface area contributed by atoms with Crippen LogP contribution in [0.25, 0.3) is 0 Å². The smallest absolute Gasteiger partial charge is 0.222 e. The summed E-state index contributed by atoms with van der Waals surface area (Å²) in [4.78, 5) is 16.3. The molecule has 2 rings (SSSR count). The molecule has 0 saturated carbocycles. The van der Waals surface area contributed by atoms with Crippen LogP contribution in [0.15, 0.2) is 0 Å². The van der Waals surface area contributed by atoms with Crippen LogP contribution < -0.4 is 0 Å². The van der Waals surface area contributed by atoms with Crippen molar-refractivity contribution in [2.75, 3.05) is 59.7 Å². The van der Waals surface area contributed by atoms with Crippen molar-refractivity contribution in [3.05, 3.63) is 0 Å². The van der Waals surface area contributed by atoms with Crippen molar-refractivity contribution in [3.63, 3.8) is 0 Å². The monoisotopic (exact) mass is 270 g/mol. The Balaban J connectivity index is 1.57. The minimum Gasteiger partial charge on any atom is -0.381 e. The van der Waals surface area contributed by atoms with Gasteiger partial charge >= 0.3 is 0 Å². The summed E-state index contributed by atoms with van der Waals surface area (Å²) >= 11 is 0. The van der Waals surface area contributed by atoms with Crippen LogP contribution in [0, 0.1) is 5.92 Å². The number of hydrogen-bond donors (Lipinski definition) is 0. The molecule has 0 aliphatic carbocycles. The van der Waals surface area contributed by atoms with Crippen molar-refractivity contribution in [2.45, 2.75) is 19.3 Å². The summed E-state index contributed by atoms with van der Waals surface area (Å²) in [5.74, 6) is 0.701. The largest absolute Gasteiger partial charge is 0.381 e. The molecule has 0 bridgehead atoms. The summed E-state index contributed by atoms with van der Waals surface area (Å²) in [5.41, 5.74) is 0. The van der Waals surface area contributed by atoms with Crippen molar-refractivity contribution in [1.29, 1.82) is 0 Å². The second-order valence-electron chi connectivity index (χ2n) is 5.56. The Morgan fingerprint density at radius 1 is 1.26 bits per heavy atom. The van der Waals surface area contributed by atoms with Gasteiger partial charge in [-0.05, 0) is 18.8 Å². The number of hydrogen-bond acceptors (Lipinski definition) is 4. The lowest BCUT2D eigenvalue weighted by Gasteiger charge is -2.27. The quantitative estimate of drug-likeness (QED) is 0.708. The lowest BCUT2D eigenvalue weighted by Crippen LogP contribution is -2.38. The Morgan fingerprint density at radius 3 is 2.74 bits per heavy atom. The summed E-state index contributed by atoms with van der Waals surface area (Å²) in [5, 5.41) is 0. The van der Waals surface area contributed by atoms with E-state index in [4.69, 9.17) is 9.47 Å². The molecule has 5 heteroatoms. The summed E-state index contributed by atoms with van der Waals surface area (Å²) in [6, 6.07) is 0. The summed E-state index contributed by atoms with van der Waals surface area (Å²) in [6.45, 7) is 7.23. The number of carbonyl (C=O) groups is 1. The molecule has 0 radical (unpaired) electrons. The zero-order valence-corrected chi connectivity index (χ0v) is 12.0. The highest BCUT2D eigenvalue weighted by atomic mass is 16.5. The van der Waals surface area contributed by atoms with Gasteiger partial charge in [0, 0.05) is 52.9 Å². The zero-order valence-electron chi connectivity index (χ0n) is 12.0. The third-order valence-electron chi connectivity index (χ3n) is 3.98. The van der Waals surface area contributed by atoms with E-state index < -0.39 is 0 Å². The molecule has 0 aromatic rings. The van der Waals surface area contributed by atoms with Crippen molar-refractivity contribution < 1.29 is 14.3 Å². The number of nitrogens with zero attached hydrogens (tertiary/aromatic N) is 2. The fraction of sp³-hybridized carbons (Fsp3) is 0.929. The molecule has 0 aromatic heterocycles. The fourth-order valence-electron chi connectivity index (χ4n) is 2.63. The number of rotatable bonds is 6. The maximum Gasteiger partial charge on any atom is 0.222 e. The van der Waals surface area contributed by atoms with Crippen molar-refractivity contribution in [1.82, 2.24) is 9.80 Å². The highest BCUT2D eigenvalue weighted by Crippen LogP contribution is 2.17. The molecule has 2 aliphatic heterocycles. The standard InChI is InChI=1S/C14H26N2O3/c1-15(14(17)11-13-3-8-19-12-13)4-2-5-16-6-9-18-10-7-16/h13H,2-12H2,1H3. The molecule has 2 aliphatic rings. The second-order valence-corrected chi connectivity index (χ2v) is 5.56. The number of carbonyl (C=O) groups excluding carboxylic acids is 1. The molecule has 1 atom stereocenters. The SMILES string of the molecule is CN(CCCN1CCOCC1)C(=O)CC1CCOC1. The molecule has 0 aromatic carbocycles. The Hall–Kier alpha value is -0.650. The third kappa shape index (κ3) is 5.09. The van der Waals surface area contributed by atoms with Gasteiger partial charge in [-0.2, -0.15) is 0 Å². The van der Waals surface area contributed by atoms with E-state index in [1.54, 1.807) is 0 Å². The molecule has 0 N–H and O–H groups in total. The van der Waals surface area contributed by atoms with Gasteiger partial charge in [0.1, 0.15) is 0 Å². The van der Waals surface area contributed by atoms with Gasteiger partial charge in [0.25, 0.3) is 0 Å². The first-order valence-corrected chi connectivity index (χ1v) is 7.37. The van der Waals surface area contributed by atoms with E-state index in [0.717, 1.165) is 65.4 Å². The molecule has 5 nitrogen and oxygen atoms in total. The number of amides is 1. The molecular formula is C14H26N2O3. The summed E-state index contributed by atoms with van der Waals surface area (Å²) in [7, 11) is 1.91. The minimum absolute atomic E-state index is 0.262. The van der Waals surface area contributed by atoms with Gasteiger partial charge in [0.05, 0.1) is 13.2 Å². The van der Waals surface area contributed by atoms with E-state index in [1.165, 1.54) is 0 Å². The van der Waals surface area contributed by atoms with Gasteiger partial charge in [-0.25, -0.2) is 0 Å². The van der Waals surface area contributed by atoms with Crippen molar-refractivity contribution in [2.24, 2.45) is 5.92 Å².